The fraction of sp³-hybridized carbons (Fsp3) is 0.167. The highest BCUT2D eigenvalue weighted by Crippen LogP contribution is 2.20. The van der Waals surface area contributed by atoms with Gasteiger partial charge in [0.15, 0.2) is 0 Å². The Morgan fingerprint density at radius 1 is 1.09 bits per heavy atom. The SMILES string of the molecule is Cc1cnc(C(=O)NCCOc2ccc3ccccc3c2)cn1. The Morgan fingerprint density at radius 3 is 2.70 bits per heavy atom. The molecule has 0 unspecified atom stereocenters. The summed E-state index contributed by atoms with van der Waals surface area (Å²) in [6.07, 6.45) is 3.04. The lowest BCUT2D eigenvalue weighted by Gasteiger charge is -2.08. The number of nitrogens with zero attached hydrogens (tertiary/aromatic N) is 2. The zero-order valence-corrected chi connectivity index (χ0v) is 12.8. The van der Waals surface area contributed by atoms with Crippen molar-refractivity contribution in [3.63, 3.8) is 0 Å². The molecule has 1 aromatic heterocycles. The van der Waals surface area contributed by atoms with Crippen LogP contribution in [-0.4, -0.2) is 29.0 Å². The second-order valence-corrected chi connectivity index (χ2v) is 5.16. The summed E-state index contributed by atoms with van der Waals surface area (Å²) in [6, 6.07) is 14.0. The summed E-state index contributed by atoms with van der Waals surface area (Å²) in [6.45, 7) is 2.62. The molecule has 1 N–H and O–H groups in total. The number of carbonyl (C=O) groups excluding carboxylic acids is 1. The fourth-order valence-corrected chi connectivity index (χ4v) is 2.19. The van der Waals surface area contributed by atoms with Crippen LogP contribution in [0.3, 0.4) is 0 Å². The van der Waals surface area contributed by atoms with E-state index in [1.54, 1.807) is 6.20 Å². The van der Waals surface area contributed by atoms with E-state index < -0.39 is 0 Å². The standard InChI is InChI=1S/C18H17N3O2/c1-13-11-21-17(12-20-13)18(22)19-8-9-23-16-7-6-14-4-2-3-5-15(14)10-16/h2-7,10-12H,8-9H2,1H3,(H,19,22). The van der Waals surface area contributed by atoms with Gasteiger partial charge in [-0.3, -0.25) is 9.78 Å². The first-order valence-electron chi connectivity index (χ1n) is 7.41. The molecule has 0 saturated heterocycles. The zero-order chi connectivity index (χ0) is 16.1. The Morgan fingerprint density at radius 2 is 1.91 bits per heavy atom. The molecule has 0 radical (unpaired) electrons. The van der Waals surface area contributed by atoms with Crippen molar-refractivity contribution >= 4 is 16.7 Å². The maximum atomic E-state index is 11.9. The number of nitrogens with one attached hydrogen (secondary N) is 1. The second-order valence-electron chi connectivity index (χ2n) is 5.16. The quantitative estimate of drug-likeness (QED) is 0.736. The number of rotatable bonds is 5. The topological polar surface area (TPSA) is 64.1 Å². The maximum Gasteiger partial charge on any atom is 0.271 e. The van der Waals surface area contributed by atoms with Gasteiger partial charge in [-0.25, -0.2) is 4.98 Å². The van der Waals surface area contributed by atoms with Crippen molar-refractivity contribution in [2.45, 2.75) is 6.92 Å². The number of carbonyl (C=O) groups is 1. The van der Waals surface area contributed by atoms with Crippen molar-refractivity contribution in [3.8, 4) is 5.75 Å². The van der Waals surface area contributed by atoms with Gasteiger partial charge in [0.05, 0.1) is 18.4 Å². The van der Waals surface area contributed by atoms with Crippen molar-refractivity contribution in [2.24, 2.45) is 0 Å². The Labute approximate surface area is 134 Å². The van der Waals surface area contributed by atoms with Gasteiger partial charge in [-0.2, -0.15) is 0 Å². The highest BCUT2D eigenvalue weighted by molar-refractivity contribution is 5.91. The summed E-state index contributed by atoms with van der Waals surface area (Å²) in [5.41, 5.74) is 1.09. The minimum Gasteiger partial charge on any atom is -0.492 e. The lowest BCUT2D eigenvalue weighted by atomic mass is 10.1. The summed E-state index contributed by atoms with van der Waals surface area (Å²) in [4.78, 5) is 20.0. The third kappa shape index (κ3) is 3.83. The first kappa shape index (κ1) is 15.0. The Hall–Kier alpha value is -2.95. The lowest BCUT2D eigenvalue weighted by molar-refractivity contribution is 0.0941. The predicted octanol–water partition coefficient (Wildman–Crippen LogP) is 2.75. The monoisotopic (exact) mass is 307 g/mol. The number of aryl methyl sites for hydroxylation is 1. The fourth-order valence-electron chi connectivity index (χ4n) is 2.19. The molecule has 3 rings (SSSR count). The van der Waals surface area contributed by atoms with Crippen LogP contribution in [0.4, 0.5) is 0 Å². The number of benzene rings is 2. The van der Waals surface area contributed by atoms with E-state index in [1.165, 1.54) is 11.6 Å². The number of ether oxygens (including phenoxy) is 1. The molecule has 0 bridgehead atoms. The smallest absolute Gasteiger partial charge is 0.271 e. The zero-order valence-electron chi connectivity index (χ0n) is 12.8. The molecule has 1 heterocycles. The summed E-state index contributed by atoms with van der Waals surface area (Å²) in [5, 5.41) is 5.06. The van der Waals surface area contributed by atoms with E-state index in [0.29, 0.717) is 18.8 Å². The van der Waals surface area contributed by atoms with E-state index in [0.717, 1.165) is 16.8 Å². The van der Waals surface area contributed by atoms with Crippen LogP contribution in [0, 0.1) is 6.92 Å². The van der Waals surface area contributed by atoms with Crippen LogP contribution >= 0.6 is 0 Å². The third-order valence-electron chi connectivity index (χ3n) is 3.39. The molecule has 0 spiro atoms. The average Bonchev–Trinajstić information content (AvgIpc) is 2.59. The van der Waals surface area contributed by atoms with Gasteiger partial charge in [0.2, 0.25) is 0 Å². The number of aromatic nitrogens is 2. The van der Waals surface area contributed by atoms with E-state index in [1.807, 2.05) is 43.3 Å². The molecule has 23 heavy (non-hydrogen) atoms. The van der Waals surface area contributed by atoms with Gasteiger partial charge in [-0.15, -0.1) is 0 Å². The van der Waals surface area contributed by atoms with Crippen molar-refractivity contribution in [2.75, 3.05) is 13.2 Å². The highest BCUT2D eigenvalue weighted by Gasteiger charge is 2.06. The molecule has 116 valence electrons. The molecule has 0 aliphatic carbocycles. The lowest BCUT2D eigenvalue weighted by Crippen LogP contribution is -2.28. The van der Waals surface area contributed by atoms with Crippen molar-refractivity contribution in [1.29, 1.82) is 0 Å². The number of hydrogen-bond acceptors (Lipinski definition) is 4. The van der Waals surface area contributed by atoms with Gasteiger partial charge in [-0.05, 0) is 29.8 Å². The van der Waals surface area contributed by atoms with Crippen molar-refractivity contribution in [1.82, 2.24) is 15.3 Å². The third-order valence-corrected chi connectivity index (χ3v) is 3.39. The van der Waals surface area contributed by atoms with E-state index >= 15 is 0 Å². The Bertz CT molecular complexity index is 816. The van der Waals surface area contributed by atoms with Crippen LogP contribution in [0.15, 0.2) is 54.9 Å². The first-order chi connectivity index (χ1) is 11.2. The molecular weight excluding hydrogens is 290 g/mol. The first-order valence-corrected chi connectivity index (χ1v) is 7.41. The molecule has 0 aliphatic rings. The molecule has 5 heteroatoms. The highest BCUT2D eigenvalue weighted by atomic mass is 16.5. The van der Waals surface area contributed by atoms with E-state index in [-0.39, 0.29) is 5.91 Å². The molecule has 5 nitrogen and oxygen atoms in total. The van der Waals surface area contributed by atoms with E-state index in [2.05, 4.69) is 21.4 Å². The summed E-state index contributed by atoms with van der Waals surface area (Å²) >= 11 is 0. The summed E-state index contributed by atoms with van der Waals surface area (Å²) < 4.78 is 5.67. The molecule has 0 aliphatic heterocycles. The largest absolute Gasteiger partial charge is 0.492 e. The van der Waals surface area contributed by atoms with Crippen LogP contribution in [0.2, 0.25) is 0 Å². The van der Waals surface area contributed by atoms with E-state index in [9.17, 15) is 4.79 Å². The maximum absolute atomic E-state index is 11.9. The average molecular weight is 307 g/mol. The van der Waals surface area contributed by atoms with Gasteiger partial charge in [0, 0.05) is 6.20 Å². The van der Waals surface area contributed by atoms with Crippen molar-refractivity contribution in [3.05, 3.63) is 66.2 Å². The van der Waals surface area contributed by atoms with Gasteiger partial charge in [-0.1, -0.05) is 30.3 Å². The van der Waals surface area contributed by atoms with Crippen LogP contribution < -0.4 is 10.1 Å². The minimum absolute atomic E-state index is 0.250. The van der Waals surface area contributed by atoms with Crippen LogP contribution in [0.1, 0.15) is 16.2 Å². The molecule has 0 fully saturated rings. The number of amides is 1. The van der Waals surface area contributed by atoms with Crippen molar-refractivity contribution < 1.29 is 9.53 Å². The molecule has 1 amide bonds. The molecule has 0 atom stereocenters. The summed E-state index contributed by atoms with van der Waals surface area (Å²) in [5.74, 6) is 0.535. The Kier molecular flexibility index (Phi) is 4.47. The van der Waals surface area contributed by atoms with Gasteiger partial charge >= 0.3 is 0 Å². The molecule has 3 aromatic rings. The van der Waals surface area contributed by atoms with E-state index in [4.69, 9.17) is 4.74 Å². The molecule has 2 aromatic carbocycles. The molecular formula is C18H17N3O2. The van der Waals surface area contributed by atoms with Gasteiger partial charge in [0.1, 0.15) is 18.1 Å². The van der Waals surface area contributed by atoms with Crippen LogP contribution in [-0.2, 0) is 0 Å². The van der Waals surface area contributed by atoms with Gasteiger partial charge in [0.25, 0.3) is 5.91 Å². The molecule has 0 saturated carbocycles. The minimum atomic E-state index is -0.250. The predicted molar refractivity (Wildman–Crippen MR) is 88.5 cm³/mol. The Balaban J connectivity index is 1.50. The van der Waals surface area contributed by atoms with Crippen LogP contribution in [0.5, 0.6) is 5.75 Å². The second kappa shape index (κ2) is 6.87. The number of fused-ring (bicyclic) bond motifs is 1. The summed E-state index contributed by atoms with van der Waals surface area (Å²) in [7, 11) is 0. The normalized spacial score (nSPS) is 10.5. The number of hydrogen-bond donors (Lipinski definition) is 1. The van der Waals surface area contributed by atoms with Crippen LogP contribution in [0.25, 0.3) is 10.8 Å². The van der Waals surface area contributed by atoms with Gasteiger partial charge < -0.3 is 10.1 Å².